The SMILES string of the molecule is CCNC(=O)c1cnc(-c2nccnc2[C@H](C)N)s1. The molecule has 7 heteroatoms. The summed E-state index contributed by atoms with van der Waals surface area (Å²) >= 11 is 1.28. The number of hydrogen-bond acceptors (Lipinski definition) is 6. The van der Waals surface area contributed by atoms with E-state index in [4.69, 9.17) is 5.73 Å². The van der Waals surface area contributed by atoms with Gasteiger partial charge in [0.25, 0.3) is 5.91 Å². The maximum atomic E-state index is 11.7. The first-order valence-corrected chi connectivity index (χ1v) is 6.76. The smallest absolute Gasteiger partial charge is 0.263 e. The van der Waals surface area contributed by atoms with Crippen LogP contribution in [0.5, 0.6) is 0 Å². The first-order valence-electron chi connectivity index (χ1n) is 5.94. The molecule has 0 aliphatic rings. The Labute approximate surface area is 115 Å². The van der Waals surface area contributed by atoms with Crippen molar-refractivity contribution < 1.29 is 4.79 Å². The van der Waals surface area contributed by atoms with Crippen molar-refractivity contribution in [3.8, 4) is 10.7 Å². The molecule has 0 aliphatic heterocycles. The van der Waals surface area contributed by atoms with E-state index in [2.05, 4.69) is 20.3 Å². The van der Waals surface area contributed by atoms with Gasteiger partial charge in [0.1, 0.15) is 15.6 Å². The highest BCUT2D eigenvalue weighted by molar-refractivity contribution is 7.16. The van der Waals surface area contributed by atoms with Gasteiger partial charge in [-0.25, -0.2) is 4.98 Å². The number of nitrogens with one attached hydrogen (secondary N) is 1. The number of nitrogens with zero attached hydrogens (tertiary/aromatic N) is 3. The summed E-state index contributed by atoms with van der Waals surface area (Å²) in [6.07, 6.45) is 4.74. The van der Waals surface area contributed by atoms with E-state index in [9.17, 15) is 4.79 Å². The Morgan fingerprint density at radius 2 is 2.16 bits per heavy atom. The number of thiazole rings is 1. The molecule has 19 heavy (non-hydrogen) atoms. The molecule has 2 aromatic heterocycles. The minimum absolute atomic E-state index is 0.127. The normalized spacial score (nSPS) is 12.2. The topological polar surface area (TPSA) is 93.8 Å². The van der Waals surface area contributed by atoms with Crippen LogP contribution in [0.1, 0.15) is 35.3 Å². The number of hydrogen-bond donors (Lipinski definition) is 2. The van der Waals surface area contributed by atoms with Gasteiger partial charge in [-0.05, 0) is 13.8 Å². The van der Waals surface area contributed by atoms with Gasteiger partial charge >= 0.3 is 0 Å². The van der Waals surface area contributed by atoms with Gasteiger partial charge in [0.2, 0.25) is 0 Å². The number of amides is 1. The van der Waals surface area contributed by atoms with Crippen molar-refractivity contribution >= 4 is 17.2 Å². The third-order valence-corrected chi connectivity index (χ3v) is 3.43. The van der Waals surface area contributed by atoms with Crippen molar-refractivity contribution in [1.82, 2.24) is 20.3 Å². The van der Waals surface area contributed by atoms with E-state index >= 15 is 0 Å². The fraction of sp³-hybridized carbons (Fsp3) is 0.333. The average molecular weight is 277 g/mol. The lowest BCUT2D eigenvalue weighted by molar-refractivity contribution is 0.0959. The maximum Gasteiger partial charge on any atom is 0.263 e. The lowest BCUT2D eigenvalue weighted by Gasteiger charge is -2.07. The van der Waals surface area contributed by atoms with Crippen LogP contribution < -0.4 is 11.1 Å². The standard InChI is InChI=1S/C12H15N5OS/c1-3-14-11(18)8-6-17-12(19-8)10-9(7(2)13)15-4-5-16-10/h4-7H,3,13H2,1-2H3,(H,14,18)/t7-/m0/s1. The molecule has 2 rings (SSSR count). The van der Waals surface area contributed by atoms with Gasteiger partial charge < -0.3 is 11.1 Å². The Hall–Kier alpha value is -1.86. The van der Waals surface area contributed by atoms with Crippen LogP contribution in [-0.2, 0) is 0 Å². The van der Waals surface area contributed by atoms with E-state index in [-0.39, 0.29) is 11.9 Å². The molecule has 0 aromatic carbocycles. The largest absolute Gasteiger partial charge is 0.352 e. The predicted molar refractivity (Wildman–Crippen MR) is 73.7 cm³/mol. The summed E-state index contributed by atoms with van der Waals surface area (Å²) < 4.78 is 0. The van der Waals surface area contributed by atoms with E-state index < -0.39 is 0 Å². The molecule has 0 saturated carbocycles. The molecule has 1 amide bonds. The third kappa shape index (κ3) is 2.94. The maximum absolute atomic E-state index is 11.7. The fourth-order valence-corrected chi connectivity index (χ4v) is 2.42. The van der Waals surface area contributed by atoms with Gasteiger partial charge in [-0.3, -0.25) is 14.8 Å². The van der Waals surface area contributed by atoms with Gasteiger partial charge in [-0.2, -0.15) is 0 Å². The zero-order chi connectivity index (χ0) is 13.8. The van der Waals surface area contributed by atoms with Gasteiger partial charge in [-0.1, -0.05) is 0 Å². The molecule has 0 unspecified atom stereocenters. The molecule has 0 spiro atoms. The second-order valence-corrected chi connectivity index (χ2v) is 5.00. The summed E-state index contributed by atoms with van der Waals surface area (Å²) in [5.74, 6) is -0.127. The zero-order valence-electron chi connectivity index (χ0n) is 10.8. The van der Waals surface area contributed by atoms with Crippen molar-refractivity contribution in [1.29, 1.82) is 0 Å². The van der Waals surface area contributed by atoms with Crippen molar-refractivity contribution in [3.63, 3.8) is 0 Å². The fourth-order valence-electron chi connectivity index (χ4n) is 1.58. The summed E-state index contributed by atoms with van der Waals surface area (Å²) in [6, 6.07) is -0.236. The van der Waals surface area contributed by atoms with Crippen LogP contribution in [-0.4, -0.2) is 27.4 Å². The Morgan fingerprint density at radius 3 is 2.84 bits per heavy atom. The highest BCUT2D eigenvalue weighted by atomic mass is 32.1. The van der Waals surface area contributed by atoms with E-state index in [1.807, 2.05) is 13.8 Å². The molecule has 0 aliphatic carbocycles. The summed E-state index contributed by atoms with van der Waals surface area (Å²) in [7, 11) is 0. The third-order valence-electron chi connectivity index (χ3n) is 2.43. The number of nitrogens with two attached hydrogens (primary N) is 1. The predicted octanol–water partition coefficient (Wildman–Crippen LogP) is 1.37. The van der Waals surface area contributed by atoms with Crippen molar-refractivity contribution in [2.45, 2.75) is 19.9 Å². The molecule has 6 nitrogen and oxygen atoms in total. The lowest BCUT2D eigenvalue weighted by Crippen LogP contribution is -2.21. The van der Waals surface area contributed by atoms with Gasteiger partial charge in [0.15, 0.2) is 0 Å². The lowest BCUT2D eigenvalue weighted by atomic mass is 10.2. The number of rotatable bonds is 4. The Morgan fingerprint density at radius 1 is 1.42 bits per heavy atom. The minimum Gasteiger partial charge on any atom is -0.352 e. The molecule has 2 heterocycles. The zero-order valence-corrected chi connectivity index (χ0v) is 11.6. The van der Waals surface area contributed by atoms with E-state index in [1.54, 1.807) is 18.6 Å². The monoisotopic (exact) mass is 277 g/mol. The Bertz CT molecular complexity index is 581. The highest BCUT2D eigenvalue weighted by Crippen LogP contribution is 2.27. The van der Waals surface area contributed by atoms with E-state index in [1.165, 1.54) is 11.3 Å². The first kappa shape index (κ1) is 13.6. The quantitative estimate of drug-likeness (QED) is 0.880. The molecule has 0 bridgehead atoms. The van der Waals surface area contributed by atoms with Crippen LogP contribution in [0.15, 0.2) is 18.6 Å². The number of carbonyl (C=O) groups is 1. The molecule has 0 fully saturated rings. The second kappa shape index (κ2) is 5.85. The molecule has 100 valence electrons. The Kier molecular flexibility index (Phi) is 4.18. The van der Waals surface area contributed by atoms with Gasteiger partial charge in [0.05, 0.1) is 11.9 Å². The minimum atomic E-state index is -0.236. The summed E-state index contributed by atoms with van der Waals surface area (Å²) in [5.41, 5.74) is 7.18. The average Bonchev–Trinajstić information content (AvgIpc) is 2.88. The number of aromatic nitrogens is 3. The molecule has 3 N–H and O–H groups in total. The van der Waals surface area contributed by atoms with Gasteiger partial charge in [0, 0.05) is 25.0 Å². The van der Waals surface area contributed by atoms with Gasteiger partial charge in [-0.15, -0.1) is 11.3 Å². The summed E-state index contributed by atoms with van der Waals surface area (Å²) in [5, 5.41) is 3.39. The summed E-state index contributed by atoms with van der Waals surface area (Å²) in [6.45, 7) is 4.30. The molecule has 0 saturated heterocycles. The van der Waals surface area contributed by atoms with Crippen molar-refractivity contribution in [3.05, 3.63) is 29.2 Å². The van der Waals surface area contributed by atoms with E-state index in [0.717, 1.165) is 0 Å². The highest BCUT2D eigenvalue weighted by Gasteiger charge is 2.16. The number of carbonyl (C=O) groups excluding carboxylic acids is 1. The van der Waals surface area contributed by atoms with Crippen LogP contribution in [0.3, 0.4) is 0 Å². The molecular formula is C12H15N5OS. The molecule has 1 atom stereocenters. The van der Waals surface area contributed by atoms with Crippen LogP contribution in [0.25, 0.3) is 10.7 Å². The van der Waals surface area contributed by atoms with Crippen LogP contribution in [0.4, 0.5) is 0 Å². The second-order valence-electron chi connectivity index (χ2n) is 3.97. The van der Waals surface area contributed by atoms with E-state index in [0.29, 0.717) is 27.8 Å². The molecule has 2 aromatic rings. The first-order chi connectivity index (χ1) is 9.13. The van der Waals surface area contributed by atoms with Crippen LogP contribution in [0, 0.1) is 0 Å². The van der Waals surface area contributed by atoms with Crippen LogP contribution in [0.2, 0.25) is 0 Å². The summed E-state index contributed by atoms with van der Waals surface area (Å²) in [4.78, 5) is 25.0. The van der Waals surface area contributed by atoms with Crippen LogP contribution >= 0.6 is 11.3 Å². The van der Waals surface area contributed by atoms with Crippen molar-refractivity contribution in [2.24, 2.45) is 5.73 Å². The molecular weight excluding hydrogens is 262 g/mol. The molecule has 0 radical (unpaired) electrons. The van der Waals surface area contributed by atoms with Crippen molar-refractivity contribution in [2.75, 3.05) is 6.54 Å². The Balaban J connectivity index is 2.36.